The SMILES string of the molecule is CC[C@@H](C)C1CC[C@@]2(CC)[C@@H](C)CCC[C@]12C. The molecule has 0 radical (unpaired) electrons. The molecule has 0 nitrogen and oxygen atoms in total. The highest BCUT2D eigenvalue weighted by atomic mass is 14.6. The van der Waals surface area contributed by atoms with E-state index in [1.807, 2.05) is 0 Å². The van der Waals surface area contributed by atoms with Crippen molar-refractivity contribution in [1.82, 2.24) is 0 Å². The van der Waals surface area contributed by atoms with Crippen LogP contribution >= 0.6 is 0 Å². The Kier molecular flexibility index (Phi) is 3.63. The van der Waals surface area contributed by atoms with Crippen molar-refractivity contribution in [3.05, 3.63) is 0 Å². The zero-order valence-corrected chi connectivity index (χ0v) is 12.7. The molecule has 2 aliphatic carbocycles. The van der Waals surface area contributed by atoms with Crippen LogP contribution in [0.4, 0.5) is 0 Å². The largest absolute Gasteiger partial charge is 0.0651 e. The molecule has 0 N–H and O–H groups in total. The first kappa shape index (κ1) is 13.4. The molecule has 0 heterocycles. The molecular formula is C17H32. The van der Waals surface area contributed by atoms with Crippen LogP contribution in [0.15, 0.2) is 0 Å². The van der Waals surface area contributed by atoms with Crippen molar-refractivity contribution < 1.29 is 0 Å². The van der Waals surface area contributed by atoms with E-state index in [1.165, 1.54) is 44.9 Å². The monoisotopic (exact) mass is 236 g/mol. The first-order valence-corrected chi connectivity index (χ1v) is 8.02. The summed E-state index contributed by atoms with van der Waals surface area (Å²) >= 11 is 0. The van der Waals surface area contributed by atoms with Gasteiger partial charge in [0, 0.05) is 0 Å². The number of fused-ring (bicyclic) bond motifs is 1. The van der Waals surface area contributed by atoms with E-state index in [9.17, 15) is 0 Å². The van der Waals surface area contributed by atoms with E-state index in [-0.39, 0.29) is 0 Å². The van der Waals surface area contributed by atoms with Gasteiger partial charge >= 0.3 is 0 Å². The minimum atomic E-state index is 0.648. The van der Waals surface area contributed by atoms with E-state index in [0.717, 1.165) is 17.8 Å². The lowest BCUT2D eigenvalue weighted by Crippen LogP contribution is -2.47. The van der Waals surface area contributed by atoms with E-state index >= 15 is 0 Å². The Bertz CT molecular complexity index is 269. The molecule has 0 spiro atoms. The average molecular weight is 236 g/mol. The van der Waals surface area contributed by atoms with Crippen LogP contribution in [0.5, 0.6) is 0 Å². The predicted molar refractivity (Wildman–Crippen MR) is 76.0 cm³/mol. The molecule has 0 amide bonds. The molecule has 0 aromatic carbocycles. The average Bonchev–Trinajstić information content (AvgIpc) is 2.63. The van der Waals surface area contributed by atoms with E-state index in [2.05, 4.69) is 34.6 Å². The summed E-state index contributed by atoms with van der Waals surface area (Å²) in [5.74, 6) is 2.88. The van der Waals surface area contributed by atoms with Crippen LogP contribution < -0.4 is 0 Å². The lowest BCUT2D eigenvalue weighted by Gasteiger charge is -2.55. The Labute approximate surface area is 109 Å². The summed E-state index contributed by atoms with van der Waals surface area (Å²) in [6.45, 7) is 12.5. The molecule has 2 fully saturated rings. The second-order valence-corrected chi connectivity index (χ2v) is 7.25. The molecule has 2 aliphatic rings. The van der Waals surface area contributed by atoms with Gasteiger partial charge in [0.25, 0.3) is 0 Å². The standard InChI is InChI=1S/C17H32/c1-6-13(3)15-10-12-17(7-2)14(4)9-8-11-16(15,17)5/h13-15H,6-12H2,1-5H3/t13-,14+,15?,16-,17+/m1/s1. The minimum absolute atomic E-state index is 0.648. The number of rotatable bonds is 3. The van der Waals surface area contributed by atoms with E-state index in [1.54, 1.807) is 0 Å². The summed E-state index contributed by atoms with van der Waals surface area (Å²) in [4.78, 5) is 0. The lowest BCUT2D eigenvalue weighted by atomic mass is 9.50. The molecule has 0 bridgehead atoms. The molecule has 1 unspecified atom stereocenters. The van der Waals surface area contributed by atoms with Crippen molar-refractivity contribution in [2.45, 2.75) is 79.6 Å². The van der Waals surface area contributed by atoms with Crippen LogP contribution in [-0.2, 0) is 0 Å². The fraction of sp³-hybridized carbons (Fsp3) is 1.00. The van der Waals surface area contributed by atoms with Gasteiger partial charge in [-0.2, -0.15) is 0 Å². The first-order chi connectivity index (χ1) is 8.02. The van der Waals surface area contributed by atoms with Gasteiger partial charge in [-0.1, -0.05) is 53.9 Å². The maximum atomic E-state index is 2.65. The van der Waals surface area contributed by atoms with Crippen LogP contribution in [0.25, 0.3) is 0 Å². The van der Waals surface area contributed by atoms with Crippen molar-refractivity contribution in [2.24, 2.45) is 28.6 Å². The van der Waals surface area contributed by atoms with Gasteiger partial charge in [0.05, 0.1) is 0 Å². The zero-order valence-electron chi connectivity index (χ0n) is 12.7. The second-order valence-electron chi connectivity index (χ2n) is 7.25. The maximum absolute atomic E-state index is 2.65. The van der Waals surface area contributed by atoms with Gasteiger partial charge in [0.2, 0.25) is 0 Å². The van der Waals surface area contributed by atoms with Gasteiger partial charge in [0.15, 0.2) is 0 Å². The van der Waals surface area contributed by atoms with Crippen molar-refractivity contribution in [2.75, 3.05) is 0 Å². The van der Waals surface area contributed by atoms with Crippen LogP contribution in [0.1, 0.15) is 79.6 Å². The van der Waals surface area contributed by atoms with E-state index < -0.39 is 0 Å². The molecule has 17 heavy (non-hydrogen) atoms. The van der Waals surface area contributed by atoms with Gasteiger partial charge < -0.3 is 0 Å². The molecule has 5 atom stereocenters. The predicted octanol–water partition coefficient (Wildman–Crippen LogP) is 5.67. The fourth-order valence-electron chi connectivity index (χ4n) is 5.81. The van der Waals surface area contributed by atoms with Gasteiger partial charge in [0.1, 0.15) is 0 Å². The second kappa shape index (κ2) is 4.59. The maximum Gasteiger partial charge on any atom is -0.0218 e. The Morgan fingerprint density at radius 1 is 1.18 bits per heavy atom. The fourth-order valence-corrected chi connectivity index (χ4v) is 5.81. The van der Waals surface area contributed by atoms with Gasteiger partial charge in [-0.05, 0) is 54.3 Å². The van der Waals surface area contributed by atoms with Gasteiger partial charge in [-0.15, -0.1) is 0 Å². The topological polar surface area (TPSA) is 0 Å². The third-order valence-electron chi connectivity index (χ3n) is 7.10. The van der Waals surface area contributed by atoms with Crippen molar-refractivity contribution in [3.63, 3.8) is 0 Å². The number of hydrogen-bond acceptors (Lipinski definition) is 0. The zero-order chi connectivity index (χ0) is 12.7. The highest BCUT2D eigenvalue weighted by Crippen LogP contribution is 2.68. The van der Waals surface area contributed by atoms with Gasteiger partial charge in [-0.25, -0.2) is 0 Å². The molecule has 0 aromatic rings. The van der Waals surface area contributed by atoms with Crippen LogP contribution in [0.3, 0.4) is 0 Å². The molecule has 2 saturated carbocycles. The van der Waals surface area contributed by atoms with Gasteiger partial charge in [-0.3, -0.25) is 0 Å². The van der Waals surface area contributed by atoms with Crippen molar-refractivity contribution >= 4 is 0 Å². The lowest BCUT2D eigenvalue weighted by molar-refractivity contribution is -0.0577. The summed E-state index contributed by atoms with van der Waals surface area (Å²) < 4.78 is 0. The number of hydrogen-bond donors (Lipinski definition) is 0. The Morgan fingerprint density at radius 2 is 1.88 bits per heavy atom. The van der Waals surface area contributed by atoms with Crippen molar-refractivity contribution in [3.8, 4) is 0 Å². The summed E-state index contributed by atoms with van der Waals surface area (Å²) in [6, 6.07) is 0. The Balaban J connectivity index is 2.34. The normalized spacial score (nSPS) is 47.8. The van der Waals surface area contributed by atoms with Crippen molar-refractivity contribution in [1.29, 1.82) is 0 Å². The van der Waals surface area contributed by atoms with E-state index in [4.69, 9.17) is 0 Å². The molecular weight excluding hydrogens is 204 g/mol. The summed E-state index contributed by atoms with van der Waals surface area (Å²) in [5.41, 5.74) is 1.33. The molecule has 0 aromatic heterocycles. The summed E-state index contributed by atoms with van der Waals surface area (Å²) in [5, 5.41) is 0. The summed E-state index contributed by atoms with van der Waals surface area (Å²) in [6.07, 6.45) is 10.3. The highest BCUT2D eigenvalue weighted by Gasteiger charge is 2.59. The Hall–Kier alpha value is 0. The van der Waals surface area contributed by atoms with Crippen LogP contribution in [0.2, 0.25) is 0 Å². The van der Waals surface area contributed by atoms with Crippen LogP contribution in [0, 0.1) is 28.6 Å². The Morgan fingerprint density at radius 3 is 2.47 bits per heavy atom. The summed E-state index contributed by atoms with van der Waals surface area (Å²) in [7, 11) is 0. The minimum Gasteiger partial charge on any atom is -0.0651 e. The molecule has 0 heteroatoms. The van der Waals surface area contributed by atoms with E-state index in [0.29, 0.717) is 10.8 Å². The quantitative estimate of drug-likeness (QED) is 0.592. The third kappa shape index (κ3) is 1.70. The third-order valence-corrected chi connectivity index (χ3v) is 7.10. The first-order valence-electron chi connectivity index (χ1n) is 8.02. The molecule has 100 valence electrons. The van der Waals surface area contributed by atoms with Crippen LogP contribution in [-0.4, -0.2) is 0 Å². The highest BCUT2D eigenvalue weighted by molar-refractivity contribution is 5.09. The molecule has 0 aliphatic heterocycles. The smallest absolute Gasteiger partial charge is 0.0218 e. The molecule has 0 saturated heterocycles. The molecule has 2 rings (SSSR count).